The molecule has 2 amide bonds. The second-order valence-electron chi connectivity index (χ2n) is 5.49. The van der Waals surface area contributed by atoms with Gasteiger partial charge < -0.3 is 9.84 Å². The van der Waals surface area contributed by atoms with Gasteiger partial charge in [-0.05, 0) is 30.7 Å². The molecule has 0 radical (unpaired) electrons. The number of pyridine rings is 1. The molecule has 7 heteroatoms. The molecular formula is C18H17FN4O2. The fourth-order valence-corrected chi connectivity index (χ4v) is 2.23. The number of nitrogens with one attached hydrogen (secondary N) is 2. The van der Waals surface area contributed by atoms with Gasteiger partial charge in [0.25, 0.3) is 0 Å². The van der Waals surface area contributed by atoms with Crippen molar-refractivity contribution in [1.29, 1.82) is 0 Å². The van der Waals surface area contributed by atoms with Gasteiger partial charge in [-0.25, -0.2) is 9.18 Å². The van der Waals surface area contributed by atoms with Crippen LogP contribution in [0.1, 0.15) is 11.3 Å². The molecule has 0 spiro atoms. The standard InChI is InChI=1S/C18H17FN4O2/c1-12-5-6-13(10-15(12)19)16-11-17(25-23-16)22-18(24)21-9-7-14-4-2-3-8-20-14/h2-6,8,10-11H,7,9H2,1H3,(H2,21,22,24). The maximum Gasteiger partial charge on any atom is 0.321 e. The van der Waals surface area contributed by atoms with Crippen molar-refractivity contribution < 1.29 is 13.7 Å². The Hall–Kier alpha value is -3.22. The summed E-state index contributed by atoms with van der Waals surface area (Å²) in [5.74, 6) is -0.131. The van der Waals surface area contributed by atoms with Crippen LogP contribution in [0.5, 0.6) is 0 Å². The third kappa shape index (κ3) is 4.41. The van der Waals surface area contributed by atoms with E-state index < -0.39 is 6.03 Å². The number of aromatic nitrogens is 2. The summed E-state index contributed by atoms with van der Waals surface area (Å²) in [6, 6.07) is 11.5. The second-order valence-corrected chi connectivity index (χ2v) is 5.49. The van der Waals surface area contributed by atoms with Crippen molar-refractivity contribution in [3.05, 3.63) is 65.7 Å². The van der Waals surface area contributed by atoms with Gasteiger partial charge in [-0.2, -0.15) is 0 Å². The van der Waals surface area contributed by atoms with Gasteiger partial charge in [0.15, 0.2) is 0 Å². The van der Waals surface area contributed by atoms with Crippen LogP contribution in [0.25, 0.3) is 11.3 Å². The molecule has 0 aliphatic heterocycles. The molecule has 0 saturated heterocycles. The number of amides is 2. The lowest BCUT2D eigenvalue weighted by atomic mass is 10.1. The normalized spacial score (nSPS) is 10.5. The number of anilines is 1. The first-order valence-electron chi connectivity index (χ1n) is 7.80. The number of urea groups is 1. The maximum atomic E-state index is 13.6. The summed E-state index contributed by atoms with van der Waals surface area (Å²) in [6.07, 6.45) is 2.33. The van der Waals surface area contributed by atoms with Crippen molar-refractivity contribution in [3.63, 3.8) is 0 Å². The summed E-state index contributed by atoms with van der Waals surface area (Å²) >= 11 is 0. The molecule has 3 rings (SSSR count). The molecule has 0 unspecified atom stereocenters. The van der Waals surface area contributed by atoms with Crippen molar-refractivity contribution in [2.75, 3.05) is 11.9 Å². The zero-order valence-corrected chi connectivity index (χ0v) is 13.6. The number of hydrogen-bond acceptors (Lipinski definition) is 4. The summed E-state index contributed by atoms with van der Waals surface area (Å²) < 4.78 is 18.7. The van der Waals surface area contributed by atoms with Gasteiger partial charge in [0.2, 0.25) is 5.88 Å². The molecule has 6 nitrogen and oxygen atoms in total. The highest BCUT2D eigenvalue weighted by molar-refractivity contribution is 5.88. The molecule has 2 aromatic heterocycles. The van der Waals surface area contributed by atoms with Gasteiger partial charge in [-0.1, -0.05) is 23.4 Å². The predicted molar refractivity (Wildman–Crippen MR) is 91.6 cm³/mol. The number of halogens is 1. The van der Waals surface area contributed by atoms with Crippen molar-refractivity contribution in [1.82, 2.24) is 15.5 Å². The molecule has 0 bridgehead atoms. The monoisotopic (exact) mass is 340 g/mol. The zero-order chi connectivity index (χ0) is 17.6. The van der Waals surface area contributed by atoms with E-state index in [1.807, 2.05) is 18.2 Å². The molecule has 0 aliphatic carbocycles. The summed E-state index contributed by atoms with van der Waals surface area (Å²) in [5, 5.41) is 9.10. The van der Waals surface area contributed by atoms with Crippen LogP contribution in [0.3, 0.4) is 0 Å². The average Bonchev–Trinajstić information content (AvgIpc) is 3.06. The van der Waals surface area contributed by atoms with E-state index >= 15 is 0 Å². The fourth-order valence-electron chi connectivity index (χ4n) is 2.23. The van der Waals surface area contributed by atoms with E-state index in [0.717, 1.165) is 5.69 Å². The minimum atomic E-state index is -0.409. The van der Waals surface area contributed by atoms with E-state index in [0.29, 0.717) is 29.8 Å². The molecular weight excluding hydrogens is 323 g/mol. The summed E-state index contributed by atoms with van der Waals surface area (Å²) in [4.78, 5) is 16.0. The molecule has 25 heavy (non-hydrogen) atoms. The Morgan fingerprint density at radius 2 is 2.12 bits per heavy atom. The van der Waals surface area contributed by atoms with Crippen LogP contribution in [0, 0.1) is 12.7 Å². The van der Waals surface area contributed by atoms with Crippen LogP contribution >= 0.6 is 0 Å². The quantitative estimate of drug-likeness (QED) is 0.744. The number of benzene rings is 1. The molecule has 0 atom stereocenters. The molecule has 1 aromatic carbocycles. The maximum absolute atomic E-state index is 13.6. The summed E-state index contributed by atoms with van der Waals surface area (Å²) in [5.41, 5.74) is 2.47. The molecule has 2 N–H and O–H groups in total. The lowest BCUT2D eigenvalue weighted by Crippen LogP contribution is -2.30. The zero-order valence-electron chi connectivity index (χ0n) is 13.6. The SMILES string of the molecule is Cc1ccc(-c2cc(NC(=O)NCCc3ccccn3)on2)cc1F. The highest BCUT2D eigenvalue weighted by Crippen LogP contribution is 2.23. The van der Waals surface area contributed by atoms with Gasteiger partial charge in [-0.3, -0.25) is 10.3 Å². The first-order valence-corrected chi connectivity index (χ1v) is 7.80. The minimum Gasteiger partial charge on any atom is -0.338 e. The van der Waals surface area contributed by atoms with Crippen molar-refractivity contribution in [2.24, 2.45) is 0 Å². The van der Waals surface area contributed by atoms with Crippen LogP contribution in [-0.4, -0.2) is 22.7 Å². The molecule has 0 saturated carbocycles. The topological polar surface area (TPSA) is 80.0 Å². The Morgan fingerprint density at radius 3 is 2.88 bits per heavy atom. The van der Waals surface area contributed by atoms with E-state index in [2.05, 4.69) is 20.8 Å². The number of hydrogen-bond donors (Lipinski definition) is 2. The van der Waals surface area contributed by atoms with Crippen molar-refractivity contribution in [2.45, 2.75) is 13.3 Å². The highest BCUT2D eigenvalue weighted by atomic mass is 19.1. The Balaban J connectivity index is 1.54. The predicted octanol–water partition coefficient (Wildman–Crippen LogP) is 3.55. The van der Waals surface area contributed by atoms with E-state index in [1.54, 1.807) is 31.3 Å². The summed E-state index contributed by atoms with van der Waals surface area (Å²) in [7, 11) is 0. The van der Waals surface area contributed by atoms with Gasteiger partial charge in [-0.15, -0.1) is 0 Å². The van der Waals surface area contributed by atoms with Crippen molar-refractivity contribution >= 4 is 11.9 Å². The molecule has 128 valence electrons. The molecule has 2 heterocycles. The first-order chi connectivity index (χ1) is 12.1. The number of aryl methyl sites for hydroxylation is 1. The smallest absolute Gasteiger partial charge is 0.321 e. The minimum absolute atomic E-state index is 0.186. The van der Waals surface area contributed by atoms with E-state index in [-0.39, 0.29) is 11.7 Å². The van der Waals surface area contributed by atoms with E-state index in [4.69, 9.17) is 4.52 Å². The van der Waals surface area contributed by atoms with Crippen LogP contribution in [0.4, 0.5) is 15.1 Å². The Morgan fingerprint density at radius 1 is 1.24 bits per heavy atom. The first kappa shape index (κ1) is 16.6. The number of carbonyl (C=O) groups is 1. The largest absolute Gasteiger partial charge is 0.338 e. The number of nitrogens with zero attached hydrogens (tertiary/aromatic N) is 2. The third-order valence-corrected chi connectivity index (χ3v) is 3.61. The van der Waals surface area contributed by atoms with Gasteiger partial charge >= 0.3 is 6.03 Å². The van der Waals surface area contributed by atoms with Crippen LogP contribution in [0.2, 0.25) is 0 Å². The van der Waals surface area contributed by atoms with Gasteiger partial charge in [0.1, 0.15) is 11.5 Å². The Kier molecular flexibility index (Phi) is 5.03. The molecule has 0 aliphatic rings. The number of carbonyl (C=O) groups excluding carboxylic acids is 1. The molecule has 0 fully saturated rings. The van der Waals surface area contributed by atoms with Crippen LogP contribution in [0.15, 0.2) is 53.2 Å². The Bertz CT molecular complexity index is 865. The summed E-state index contributed by atoms with van der Waals surface area (Å²) in [6.45, 7) is 2.12. The second kappa shape index (κ2) is 7.57. The Labute approximate surface area is 144 Å². The van der Waals surface area contributed by atoms with Crippen LogP contribution in [-0.2, 0) is 6.42 Å². The van der Waals surface area contributed by atoms with Gasteiger partial charge in [0.05, 0.1) is 0 Å². The van der Waals surface area contributed by atoms with Crippen molar-refractivity contribution in [3.8, 4) is 11.3 Å². The average molecular weight is 340 g/mol. The highest BCUT2D eigenvalue weighted by Gasteiger charge is 2.10. The fraction of sp³-hybridized carbons (Fsp3) is 0.167. The van der Waals surface area contributed by atoms with E-state index in [9.17, 15) is 9.18 Å². The molecule has 3 aromatic rings. The third-order valence-electron chi connectivity index (χ3n) is 3.61. The number of rotatable bonds is 5. The lowest BCUT2D eigenvalue weighted by Gasteiger charge is -2.04. The van der Waals surface area contributed by atoms with E-state index in [1.165, 1.54) is 6.07 Å². The lowest BCUT2D eigenvalue weighted by molar-refractivity contribution is 0.251. The van der Waals surface area contributed by atoms with Gasteiger partial charge in [0, 0.05) is 36.5 Å². The van der Waals surface area contributed by atoms with Crippen LogP contribution < -0.4 is 10.6 Å².